The molecule has 1 aliphatic rings. The number of benzene rings is 2. The second-order valence-electron chi connectivity index (χ2n) is 6.83. The first kappa shape index (κ1) is 17.8. The van der Waals surface area contributed by atoms with Crippen molar-refractivity contribution in [2.24, 2.45) is 0 Å². The Bertz CT molecular complexity index is 1270. The molecule has 1 aliphatic heterocycles. The third-order valence-electron chi connectivity index (χ3n) is 4.91. The normalized spacial score (nSPS) is 14.4. The van der Waals surface area contributed by atoms with Crippen molar-refractivity contribution >= 4 is 49.2 Å². The number of H-pyrrole nitrogens is 1. The summed E-state index contributed by atoms with van der Waals surface area (Å²) in [5.41, 5.74) is 2.25. The Balaban J connectivity index is 1.44. The topological polar surface area (TPSA) is 87.3 Å². The molecule has 2 N–H and O–H groups in total. The molecule has 1 fully saturated rings. The van der Waals surface area contributed by atoms with E-state index < -0.39 is 0 Å². The van der Waals surface area contributed by atoms with E-state index >= 15 is 0 Å². The molecular weight excluding hydrogens is 388 g/mol. The number of fused-ring (bicyclic) bond motifs is 2. The van der Waals surface area contributed by atoms with Crippen molar-refractivity contribution in [3.63, 3.8) is 0 Å². The van der Waals surface area contributed by atoms with Crippen molar-refractivity contribution < 1.29 is 9.53 Å². The number of hydrogen-bond acceptors (Lipinski definition) is 6. The number of hydrogen-bond donors (Lipinski definition) is 2. The van der Waals surface area contributed by atoms with E-state index in [0.29, 0.717) is 35.4 Å². The monoisotopic (exact) mass is 406 g/mol. The molecule has 5 rings (SSSR count). The van der Waals surface area contributed by atoms with E-state index in [1.807, 2.05) is 36.4 Å². The summed E-state index contributed by atoms with van der Waals surface area (Å²) >= 11 is 1.60. The quantitative estimate of drug-likeness (QED) is 0.545. The molecule has 29 heavy (non-hydrogen) atoms. The van der Waals surface area contributed by atoms with Crippen LogP contribution in [0.4, 0.5) is 10.8 Å². The van der Waals surface area contributed by atoms with E-state index in [4.69, 9.17) is 9.72 Å². The average molecular weight is 406 g/mol. The number of rotatable bonds is 3. The lowest BCUT2D eigenvalue weighted by Gasteiger charge is -2.25. The molecule has 0 radical (unpaired) electrons. The van der Waals surface area contributed by atoms with Crippen LogP contribution in [0.15, 0.2) is 53.3 Å². The number of anilines is 2. The van der Waals surface area contributed by atoms with Gasteiger partial charge in [-0.25, -0.2) is 4.98 Å². The zero-order valence-corrected chi connectivity index (χ0v) is 16.3. The second-order valence-corrected chi connectivity index (χ2v) is 7.83. The molecule has 1 amide bonds. The first-order valence-corrected chi connectivity index (χ1v) is 10.2. The number of thiazole rings is 1. The number of para-hydroxylation sites is 1. The van der Waals surface area contributed by atoms with Crippen LogP contribution in [-0.2, 0) is 4.74 Å². The molecule has 2 aromatic heterocycles. The first-order chi connectivity index (χ1) is 14.2. The van der Waals surface area contributed by atoms with Crippen LogP contribution in [0.25, 0.3) is 21.1 Å². The molecule has 0 aliphatic carbocycles. The van der Waals surface area contributed by atoms with E-state index in [0.717, 1.165) is 28.4 Å². The summed E-state index contributed by atoms with van der Waals surface area (Å²) in [5, 5.41) is 4.58. The number of aromatic amines is 1. The van der Waals surface area contributed by atoms with Gasteiger partial charge in [-0.05, 0) is 24.3 Å². The Morgan fingerprint density at radius 3 is 2.83 bits per heavy atom. The Labute approximate surface area is 169 Å². The fourth-order valence-electron chi connectivity index (χ4n) is 3.47. The SMILES string of the molecule is O=C(Nc1ccc2nc(N3CCOCC3)sc2c1)c1cc(=O)[nH]c2ccccc12. The number of morpholine rings is 1. The summed E-state index contributed by atoms with van der Waals surface area (Å²) in [6.07, 6.45) is 0. The smallest absolute Gasteiger partial charge is 0.256 e. The predicted molar refractivity (Wildman–Crippen MR) is 115 cm³/mol. The fraction of sp³-hybridized carbons (Fsp3) is 0.190. The van der Waals surface area contributed by atoms with E-state index in [9.17, 15) is 9.59 Å². The van der Waals surface area contributed by atoms with Gasteiger partial charge in [-0.3, -0.25) is 9.59 Å². The molecule has 7 nitrogen and oxygen atoms in total. The van der Waals surface area contributed by atoms with Gasteiger partial charge in [-0.2, -0.15) is 0 Å². The minimum Gasteiger partial charge on any atom is -0.378 e. The van der Waals surface area contributed by atoms with Crippen molar-refractivity contribution in [3.05, 3.63) is 64.4 Å². The molecule has 0 bridgehead atoms. The summed E-state index contributed by atoms with van der Waals surface area (Å²) in [6, 6.07) is 14.3. The Hall–Kier alpha value is -3.23. The van der Waals surface area contributed by atoms with Crippen LogP contribution in [0, 0.1) is 0 Å². The molecule has 8 heteroatoms. The lowest BCUT2D eigenvalue weighted by atomic mass is 10.1. The number of nitrogens with one attached hydrogen (secondary N) is 2. The number of carbonyl (C=O) groups is 1. The maximum atomic E-state index is 12.9. The van der Waals surface area contributed by atoms with Gasteiger partial charge in [-0.15, -0.1) is 0 Å². The molecular formula is C21H18N4O3S. The van der Waals surface area contributed by atoms with E-state index in [2.05, 4.69) is 15.2 Å². The van der Waals surface area contributed by atoms with Crippen LogP contribution in [0.1, 0.15) is 10.4 Å². The highest BCUT2D eigenvalue weighted by molar-refractivity contribution is 7.22. The maximum Gasteiger partial charge on any atom is 0.256 e. The molecule has 3 heterocycles. The van der Waals surface area contributed by atoms with Crippen molar-refractivity contribution in [1.82, 2.24) is 9.97 Å². The van der Waals surface area contributed by atoms with Gasteiger partial charge in [0.25, 0.3) is 5.91 Å². The van der Waals surface area contributed by atoms with Gasteiger partial charge in [0.1, 0.15) is 0 Å². The van der Waals surface area contributed by atoms with Gasteiger partial charge < -0.3 is 19.9 Å². The van der Waals surface area contributed by atoms with Gasteiger partial charge in [0, 0.05) is 35.7 Å². The molecule has 4 aromatic rings. The number of nitrogens with zero attached hydrogens (tertiary/aromatic N) is 2. The zero-order chi connectivity index (χ0) is 19.8. The van der Waals surface area contributed by atoms with Gasteiger partial charge >= 0.3 is 0 Å². The average Bonchev–Trinajstić information content (AvgIpc) is 3.17. The third-order valence-corrected chi connectivity index (χ3v) is 5.99. The maximum absolute atomic E-state index is 12.9. The Kier molecular flexibility index (Phi) is 4.49. The summed E-state index contributed by atoms with van der Waals surface area (Å²) < 4.78 is 6.40. The van der Waals surface area contributed by atoms with Crippen molar-refractivity contribution in [1.29, 1.82) is 0 Å². The standard InChI is InChI=1S/C21H18N4O3S/c26-19-12-15(14-3-1-2-4-16(14)23-19)20(27)22-13-5-6-17-18(11-13)29-21(24-17)25-7-9-28-10-8-25/h1-6,11-12H,7-10H2,(H,22,27)(H,23,26). The molecule has 0 unspecified atom stereocenters. The highest BCUT2D eigenvalue weighted by Crippen LogP contribution is 2.31. The molecule has 146 valence electrons. The van der Waals surface area contributed by atoms with Crippen LogP contribution in [-0.4, -0.2) is 42.2 Å². The number of ether oxygens (including phenoxy) is 1. The van der Waals surface area contributed by atoms with Gasteiger partial charge in [0.15, 0.2) is 5.13 Å². The highest BCUT2D eigenvalue weighted by Gasteiger charge is 2.16. The van der Waals surface area contributed by atoms with Crippen molar-refractivity contribution in [2.75, 3.05) is 36.5 Å². The molecule has 0 saturated carbocycles. The summed E-state index contributed by atoms with van der Waals surface area (Å²) in [4.78, 5) is 34.5. The van der Waals surface area contributed by atoms with Crippen LogP contribution in [0.5, 0.6) is 0 Å². The van der Waals surface area contributed by atoms with Crippen LogP contribution < -0.4 is 15.8 Å². The van der Waals surface area contributed by atoms with Gasteiger partial charge in [0.2, 0.25) is 5.56 Å². The summed E-state index contributed by atoms with van der Waals surface area (Å²) in [5.74, 6) is -0.315. The molecule has 0 spiro atoms. The Morgan fingerprint density at radius 1 is 1.14 bits per heavy atom. The minimum absolute atomic E-state index is 0.304. The van der Waals surface area contributed by atoms with Crippen LogP contribution in [0.3, 0.4) is 0 Å². The lowest BCUT2D eigenvalue weighted by molar-refractivity contribution is 0.102. The Morgan fingerprint density at radius 2 is 1.97 bits per heavy atom. The molecule has 2 aromatic carbocycles. The van der Waals surface area contributed by atoms with E-state index in [-0.39, 0.29) is 11.5 Å². The minimum atomic E-state index is -0.315. The van der Waals surface area contributed by atoms with Gasteiger partial charge in [0.05, 0.1) is 29.0 Å². The second kappa shape index (κ2) is 7.31. The largest absolute Gasteiger partial charge is 0.378 e. The van der Waals surface area contributed by atoms with Crippen LogP contribution >= 0.6 is 11.3 Å². The summed E-state index contributed by atoms with van der Waals surface area (Å²) in [6.45, 7) is 3.08. The number of aromatic nitrogens is 2. The molecule has 1 saturated heterocycles. The van der Waals surface area contributed by atoms with Crippen molar-refractivity contribution in [3.8, 4) is 0 Å². The van der Waals surface area contributed by atoms with Crippen molar-refractivity contribution in [2.45, 2.75) is 0 Å². The lowest BCUT2D eigenvalue weighted by Crippen LogP contribution is -2.36. The fourth-order valence-corrected chi connectivity index (χ4v) is 4.53. The number of amides is 1. The van der Waals surface area contributed by atoms with Gasteiger partial charge in [-0.1, -0.05) is 29.5 Å². The zero-order valence-electron chi connectivity index (χ0n) is 15.5. The summed E-state index contributed by atoms with van der Waals surface area (Å²) in [7, 11) is 0. The third kappa shape index (κ3) is 3.48. The van der Waals surface area contributed by atoms with E-state index in [1.54, 1.807) is 17.4 Å². The van der Waals surface area contributed by atoms with Crippen LogP contribution in [0.2, 0.25) is 0 Å². The first-order valence-electron chi connectivity index (χ1n) is 9.34. The van der Waals surface area contributed by atoms with E-state index in [1.165, 1.54) is 6.07 Å². The molecule has 0 atom stereocenters. The number of pyridine rings is 1. The number of carbonyl (C=O) groups excluding carboxylic acids is 1. The highest BCUT2D eigenvalue weighted by atomic mass is 32.1. The predicted octanol–water partition coefficient (Wildman–Crippen LogP) is 3.23.